The Morgan fingerprint density at radius 2 is 1.90 bits per heavy atom. The molecule has 3 nitrogen and oxygen atoms in total. The number of anilines is 3. The first kappa shape index (κ1) is 14.7. The average Bonchev–Trinajstić information content (AvgIpc) is 2.31. The van der Waals surface area contributed by atoms with E-state index >= 15 is 0 Å². The van der Waals surface area contributed by atoms with Crippen LogP contribution in [0.5, 0.6) is 5.75 Å². The predicted molar refractivity (Wildman–Crippen MR) is 88.8 cm³/mol. The summed E-state index contributed by atoms with van der Waals surface area (Å²) in [5, 5.41) is 3.37. The van der Waals surface area contributed by atoms with Crippen LogP contribution < -0.4 is 15.8 Å². The molecule has 2 aromatic rings. The summed E-state index contributed by atoms with van der Waals surface area (Å²) < 4.78 is 6.76. The number of hydrogen-bond donors (Lipinski definition) is 2. The average molecular weight is 335 g/mol. The van der Waals surface area contributed by atoms with Gasteiger partial charge in [-0.05, 0) is 50.6 Å². The van der Waals surface area contributed by atoms with Crippen LogP contribution in [0, 0.1) is 6.92 Å². The first-order chi connectivity index (χ1) is 9.44. The van der Waals surface area contributed by atoms with Crippen LogP contribution in [0.25, 0.3) is 0 Å². The van der Waals surface area contributed by atoms with Gasteiger partial charge in [-0.2, -0.15) is 0 Å². The number of nitrogen functional groups attached to an aromatic ring is 1. The maximum Gasteiger partial charge on any atom is 0.123 e. The number of nitrogens with two attached hydrogens (primary N) is 1. The lowest BCUT2D eigenvalue weighted by atomic mass is 10.2. The van der Waals surface area contributed by atoms with Gasteiger partial charge in [0.1, 0.15) is 5.75 Å². The van der Waals surface area contributed by atoms with Crippen molar-refractivity contribution in [3.05, 3.63) is 46.4 Å². The van der Waals surface area contributed by atoms with Crippen LogP contribution in [-0.4, -0.2) is 6.10 Å². The number of benzene rings is 2. The van der Waals surface area contributed by atoms with Crippen LogP contribution in [0.1, 0.15) is 19.4 Å². The van der Waals surface area contributed by atoms with E-state index in [-0.39, 0.29) is 6.10 Å². The fourth-order valence-corrected chi connectivity index (χ4v) is 2.43. The maximum atomic E-state index is 5.92. The molecule has 3 N–H and O–H groups in total. The Hall–Kier alpha value is -1.68. The molecule has 0 aliphatic heterocycles. The molecule has 0 aliphatic carbocycles. The Morgan fingerprint density at radius 3 is 2.55 bits per heavy atom. The fourth-order valence-electron chi connectivity index (χ4n) is 1.96. The molecule has 0 saturated carbocycles. The van der Waals surface area contributed by atoms with E-state index in [0.29, 0.717) is 5.69 Å². The van der Waals surface area contributed by atoms with E-state index in [9.17, 15) is 0 Å². The number of aryl methyl sites for hydroxylation is 1. The van der Waals surface area contributed by atoms with Crippen molar-refractivity contribution in [1.82, 2.24) is 0 Å². The summed E-state index contributed by atoms with van der Waals surface area (Å²) in [7, 11) is 0. The van der Waals surface area contributed by atoms with Gasteiger partial charge in [0.15, 0.2) is 0 Å². The van der Waals surface area contributed by atoms with E-state index < -0.39 is 0 Å². The SMILES string of the molecule is Cc1cc(Br)ccc1Nc1cc(N)cc(OC(C)C)c1. The van der Waals surface area contributed by atoms with Crippen molar-refractivity contribution in [3.63, 3.8) is 0 Å². The van der Waals surface area contributed by atoms with E-state index in [0.717, 1.165) is 27.2 Å². The van der Waals surface area contributed by atoms with Crippen LogP contribution in [0.2, 0.25) is 0 Å². The lowest BCUT2D eigenvalue weighted by Crippen LogP contribution is -2.06. The zero-order valence-corrected chi connectivity index (χ0v) is 13.5. The molecule has 0 heterocycles. The molecule has 0 aliphatic rings. The number of hydrogen-bond acceptors (Lipinski definition) is 3. The van der Waals surface area contributed by atoms with Gasteiger partial charge in [-0.3, -0.25) is 0 Å². The second-order valence-corrected chi connectivity index (χ2v) is 5.96. The highest BCUT2D eigenvalue weighted by molar-refractivity contribution is 9.10. The van der Waals surface area contributed by atoms with Crippen molar-refractivity contribution in [2.75, 3.05) is 11.1 Å². The van der Waals surface area contributed by atoms with Gasteiger partial charge in [0, 0.05) is 33.7 Å². The number of nitrogens with one attached hydrogen (secondary N) is 1. The lowest BCUT2D eigenvalue weighted by molar-refractivity contribution is 0.242. The van der Waals surface area contributed by atoms with Gasteiger partial charge in [0.25, 0.3) is 0 Å². The van der Waals surface area contributed by atoms with E-state index in [4.69, 9.17) is 10.5 Å². The molecule has 4 heteroatoms. The summed E-state index contributed by atoms with van der Waals surface area (Å²) in [5.41, 5.74) is 9.74. The van der Waals surface area contributed by atoms with E-state index in [1.807, 2.05) is 44.2 Å². The van der Waals surface area contributed by atoms with E-state index in [1.54, 1.807) is 0 Å². The van der Waals surface area contributed by atoms with Gasteiger partial charge in [0.05, 0.1) is 6.10 Å². The Morgan fingerprint density at radius 1 is 1.15 bits per heavy atom. The molecule has 0 bridgehead atoms. The molecule has 2 aromatic carbocycles. The van der Waals surface area contributed by atoms with Gasteiger partial charge >= 0.3 is 0 Å². The molecule has 0 radical (unpaired) electrons. The second kappa shape index (κ2) is 6.18. The molecule has 0 unspecified atom stereocenters. The summed E-state index contributed by atoms with van der Waals surface area (Å²) in [6.45, 7) is 6.05. The molecule has 0 amide bonds. The highest BCUT2D eigenvalue weighted by Gasteiger charge is 2.04. The molecule has 2 rings (SSSR count). The molecule has 106 valence electrons. The second-order valence-electron chi connectivity index (χ2n) is 5.04. The molecule has 0 atom stereocenters. The molecule has 20 heavy (non-hydrogen) atoms. The van der Waals surface area contributed by atoms with Gasteiger partial charge in [-0.15, -0.1) is 0 Å². The van der Waals surface area contributed by atoms with Gasteiger partial charge in [-0.1, -0.05) is 15.9 Å². The van der Waals surface area contributed by atoms with Crippen molar-refractivity contribution >= 4 is 33.0 Å². The minimum absolute atomic E-state index is 0.124. The Labute approximate surface area is 128 Å². The highest BCUT2D eigenvalue weighted by atomic mass is 79.9. The standard InChI is InChI=1S/C16H19BrN2O/c1-10(2)20-15-8-13(18)7-14(9-15)19-16-5-4-12(17)6-11(16)3/h4-10,19H,18H2,1-3H3. The Kier molecular flexibility index (Phi) is 4.55. The Balaban J connectivity index is 2.26. The molecule has 0 saturated heterocycles. The predicted octanol–water partition coefficient (Wildman–Crippen LogP) is 4.87. The topological polar surface area (TPSA) is 47.3 Å². The summed E-state index contributed by atoms with van der Waals surface area (Å²) in [4.78, 5) is 0. The van der Waals surface area contributed by atoms with Gasteiger partial charge < -0.3 is 15.8 Å². The van der Waals surface area contributed by atoms with Crippen molar-refractivity contribution in [2.24, 2.45) is 0 Å². The van der Waals surface area contributed by atoms with Crippen LogP contribution in [0.15, 0.2) is 40.9 Å². The fraction of sp³-hybridized carbons (Fsp3) is 0.250. The normalized spacial score (nSPS) is 10.7. The molecule has 0 spiro atoms. The quantitative estimate of drug-likeness (QED) is 0.784. The number of halogens is 1. The minimum atomic E-state index is 0.124. The Bertz CT molecular complexity index is 611. The first-order valence-electron chi connectivity index (χ1n) is 6.54. The van der Waals surface area contributed by atoms with Crippen molar-refractivity contribution < 1.29 is 4.74 Å². The third-order valence-corrected chi connectivity index (χ3v) is 3.26. The summed E-state index contributed by atoms with van der Waals surface area (Å²) in [6.07, 6.45) is 0.124. The maximum absolute atomic E-state index is 5.92. The third kappa shape index (κ3) is 3.90. The van der Waals surface area contributed by atoms with Crippen LogP contribution in [0.3, 0.4) is 0 Å². The van der Waals surface area contributed by atoms with Crippen molar-refractivity contribution in [1.29, 1.82) is 0 Å². The van der Waals surface area contributed by atoms with Crippen molar-refractivity contribution in [2.45, 2.75) is 26.9 Å². The van der Waals surface area contributed by atoms with E-state index in [2.05, 4.69) is 34.2 Å². The zero-order valence-electron chi connectivity index (χ0n) is 11.9. The largest absolute Gasteiger partial charge is 0.491 e. The molecular weight excluding hydrogens is 316 g/mol. The minimum Gasteiger partial charge on any atom is -0.491 e. The summed E-state index contributed by atoms with van der Waals surface area (Å²) >= 11 is 3.46. The van der Waals surface area contributed by atoms with Crippen LogP contribution >= 0.6 is 15.9 Å². The smallest absolute Gasteiger partial charge is 0.123 e. The lowest BCUT2D eigenvalue weighted by Gasteiger charge is -2.14. The monoisotopic (exact) mass is 334 g/mol. The van der Waals surface area contributed by atoms with E-state index in [1.165, 1.54) is 0 Å². The highest BCUT2D eigenvalue weighted by Crippen LogP contribution is 2.28. The third-order valence-electron chi connectivity index (χ3n) is 2.77. The summed E-state index contributed by atoms with van der Waals surface area (Å²) in [5.74, 6) is 0.775. The van der Waals surface area contributed by atoms with Gasteiger partial charge in [0.2, 0.25) is 0 Å². The zero-order chi connectivity index (χ0) is 14.7. The van der Waals surface area contributed by atoms with Crippen LogP contribution in [0.4, 0.5) is 17.1 Å². The molecular formula is C16H19BrN2O. The molecule has 0 aromatic heterocycles. The first-order valence-corrected chi connectivity index (χ1v) is 7.34. The van der Waals surface area contributed by atoms with Crippen molar-refractivity contribution in [3.8, 4) is 5.75 Å². The van der Waals surface area contributed by atoms with Gasteiger partial charge in [-0.25, -0.2) is 0 Å². The van der Waals surface area contributed by atoms with Crippen LogP contribution in [-0.2, 0) is 0 Å². The summed E-state index contributed by atoms with van der Waals surface area (Å²) in [6, 6.07) is 11.8. The number of ether oxygens (including phenoxy) is 1. The number of rotatable bonds is 4. The molecule has 0 fully saturated rings.